The summed E-state index contributed by atoms with van der Waals surface area (Å²) in [5.74, 6) is -1.43. The number of rotatable bonds is 7. The minimum Gasteiger partial charge on any atom is -0.466 e. The van der Waals surface area contributed by atoms with Crippen LogP contribution in [0.5, 0.6) is 0 Å². The second-order valence-corrected chi connectivity index (χ2v) is 6.12. The number of methoxy groups -OCH3 is 2. The predicted molar refractivity (Wildman–Crippen MR) is 105 cm³/mol. The smallest absolute Gasteiger partial charge is 0.416 e. The maximum atomic E-state index is 13.2. The number of carbonyl (C=O) groups excluding carboxylic acids is 2. The lowest BCUT2D eigenvalue weighted by molar-refractivity contribution is -0.141. The number of oxime groups is 1. The Balaban J connectivity index is 2.73. The summed E-state index contributed by atoms with van der Waals surface area (Å²) in [7, 11) is 2.62. The number of hydrogen-bond acceptors (Lipinski definition) is 7. The number of benzene rings is 1. The number of hydrogen-bond donors (Lipinski definition) is 0. The molecule has 2 aromatic rings. The summed E-state index contributed by atoms with van der Waals surface area (Å²) in [6.45, 7) is 1.09. The zero-order chi connectivity index (χ0) is 23.0. The first-order valence-corrected chi connectivity index (χ1v) is 8.83. The third-order valence-electron chi connectivity index (χ3n) is 3.92. The maximum absolute atomic E-state index is 13.2. The molecule has 0 aliphatic rings. The van der Waals surface area contributed by atoms with E-state index in [1.54, 1.807) is 24.3 Å². The van der Waals surface area contributed by atoms with Crippen LogP contribution in [0.2, 0.25) is 0 Å². The van der Waals surface area contributed by atoms with Gasteiger partial charge in [0.1, 0.15) is 5.71 Å². The van der Waals surface area contributed by atoms with Crippen LogP contribution >= 0.6 is 0 Å². The normalized spacial score (nSPS) is 12.5. The van der Waals surface area contributed by atoms with Gasteiger partial charge in [-0.1, -0.05) is 29.4 Å². The van der Waals surface area contributed by atoms with Crippen LogP contribution < -0.4 is 0 Å². The van der Waals surface area contributed by atoms with Gasteiger partial charge in [0.15, 0.2) is 0 Å². The van der Waals surface area contributed by atoms with Gasteiger partial charge in [-0.15, -0.1) is 0 Å². The van der Waals surface area contributed by atoms with Gasteiger partial charge >= 0.3 is 18.1 Å². The lowest BCUT2D eigenvalue weighted by Crippen LogP contribution is -2.14. The van der Waals surface area contributed by atoms with Gasteiger partial charge in [-0.2, -0.15) is 13.2 Å². The van der Waals surface area contributed by atoms with Crippen molar-refractivity contribution in [2.24, 2.45) is 5.16 Å². The molecule has 0 amide bonds. The summed E-state index contributed by atoms with van der Waals surface area (Å²) < 4.78 is 49.4. The fourth-order valence-corrected chi connectivity index (χ4v) is 2.60. The van der Waals surface area contributed by atoms with Gasteiger partial charge in [-0.05, 0) is 23.3 Å². The highest BCUT2D eigenvalue weighted by atomic mass is 19.4. The molecule has 2 rings (SSSR count). The molecule has 0 spiro atoms. The van der Waals surface area contributed by atoms with Crippen LogP contribution in [0.25, 0.3) is 5.57 Å². The highest BCUT2D eigenvalue weighted by Crippen LogP contribution is 2.30. The second-order valence-electron chi connectivity index (χ2n) is 6.12. The van der Waals surface area contributed by atoms with E-state index in [4.69, 9.17) is 9.57 Å². The molecule has 0 atom stereocenters. The number of ether oxygens (including phenoxy) is 2. The number of aromatic nitrogens is 1. The molecule has 164 valence electrons. The van der Waals surface area contributed by atoms with E-state index >= 15 is 0 Å². The number of alkyl halides is 3. The number of pyridine rings is 1. The molecular formula is C21H19F3N2O5. The molecular weight excluding hydrogens is 417 g/mol. The standard InChI is InChI=1S/C21H19F3N2O5/c1-13(27)31-26-20(18-11-15(8-9-25-18)21(22,23)24)17-7-5-4-6-16(17)14(12-29-2)10-19(28)30-3/h4-11H,12H2,1-3H3/b14-10-,26-20?. The van der Waals surface area contributed by atoms with Crippen LogP contribution in [0.15, 0.2) is 53.8 Å². The Labute approximate surface area is 176 Å². The molecule has 10 heteroatoms. The molecule has 7 nitrogen and oxygen atoms in total. The number of halogens is 3. The van der Waals surface area contributed by atoms with Crippen molar-refractivity contribution < 1.29 is 37.1 Å². The van der Waals surface area contributed by atoms with Crippen LogP contribution in [-0.2, 0) is 30.1 Å². The quantitative estimate of drug-likeness (QED) is 0.217. The van der Waals surface area contributed by atoms with Crippen LogP contribution in [0.1, 0.15) is 29.3 Å². The average Bonchev–Trinajstić information content (AvgIpc) is 2.73. The molecule has 1 aromatic heterocycles. The molecule has 0 aliphatic heterocycles. The molecule has 0 bridgehead atoms. The molecule has 0 unspecified atom stereocenters. The zero-order valence-electron chi connectivity index (χ0n) is 16.9. The number of carbonyl (C=O) groups is 2. The Bertz CT molecular complexity index is 1020. The van der Waals surface area contributed by atoms with Gasteiger partial charge in [0.05, 0.1) is 25.0 Å². The van der Waals surface area contributed by atoms with Gasteiger partial charge in [0.2, 0.25) is 0 Å². The van der Waals surface area contributed by atoms with Crippen molar-refractivity contribution in [3.63, 3.8) is 0 Å². The van der Waals surface area contributed by atoms with Gasteiger partial charge in [-0.25, -0.2) is 9.59 Å². The van der Waals surface area contributed by atoms with Crippen molar-refractivity contribution in [3.05, 3.63) is 71.1 Å². The van der Waals surface area contributed by atoms with Crippen molar-refractivity contribution in [1.82, 2.24) is 4.98 Å². The number of esters is 1. The van der Waals surface area contributed by atoms with E-state index in [2.05, 4.69) is 14.9 Å². The van der Waals surface area contributed by atoms with Crippen molar-refractivity contribution >= 4 is 23.2 Å². The van der Waals surface area contributed by atoms with E-state index in [0.717, 1.165) is 25.3 Å². The van der Waals surface area contributed by atoms with Crippen LogP contribution in [0, 0.1) is 0 Å². The lowest BCUT2D eigenvalue weighted by atomic mass is 9.94. The first-order chi connectivity index (χ1) is 14.7. The summed E-state index contributed by atoms with van der Waals surface area (Å²) >= 11 is 0. The minimum atomic E-state index is -4.62. The predicted octanol–water partition coefficient (Wildman–Crippen LogP) is 3.62. The summed E-state index contributed by atoms with van der Waals surface area (Å²) in [5, 5.41) is 3.74. The van der Waals surface area contributed by atoms with E-state index in [1.165, 1.54) is 20.3 Å². The fourth-order valence-electron chi connectivity index (χ4n) is 2.60. The van der Waals surface area contributed by atoms with Crippen molar-refractivity contribution in [3.8, 4) is 0 Å². The van der Waals surface area contributed by atoms with Crippen LogP contribution in [-0.4, -0.2) is 43.5 Å². The maximum Gasteiger partial charge on any atom is 0.416 e. The van der Waals surface area contributed by atoms with Crippen LogP contribution in [0.4, 0.5) is 13.2 Å². The van der Waals surface area contributed by atoms with E-state index < -0.39 is 23.7 Å². The molecule has 0 saturated heterocycles. The van der Waals surface area contributed by atoms with Crippen LogP contribution in [0.3, 0.4) is 0 Å². The monoisotopic (exact) mass is 436 g/mol. The van der Waals surface area contributed by atoms with E-state index in [-0.39, 0.29) is 23.6 Å². The average molecular weight is 436 g/mol. The highest BCUT2D eigenvalue weighted by molar-refractivity contribution is 6.14. The topological polar surface area (TPSA) is 87.1 Å². The Hall–Kier alpha value is -3.53. The molecule has 0 fully saturated rings. The Morgan fingerprint density at radius 3 is 2.39 bits per heavy atom. The zero-order valence-corrected chi connectivity index (χ0v) is 16.9. The van der Waals surface area contributed by atoms with Gasteiger partial charge in [-0.3, -0.25) is 4.98 Å². The molecule has 0 N–H and O–H groups in total. The lowest BCUT2D eigenvalue weighted by Gasteiger charge is -2.15. The fraction of sp³-hybridized carbons (Fsp3) is 0.238. The SMILES string of the molecule is COC/C(=C/C(=O)OC)c1ccccc1C(=NOC(C)=O)c1cc(C(F)(F)F)ccn1. The second kappa shape index (κ2) is 10.5. The summed E-state index contributed by atoms with van der Waals surface area (Å²) in [4.78, 5) is 31.8. The number of nitrogens with zero attached hydrogens (tertiary/aromatic N) is 2. The Kier molecular flexibility index (Phi) is 8.03. The molecule has 0 radical (unpaired) electrons. The van der Waals surface area contributed by atoms with Crippen molar-refractivity contribution in [1.29, 1.82) is 0 Å². The molecule has 1 aromatic carbocycles. The molecule has 0 saturated carbocycles. The summed E-state index contributed by atoms with van der Waals surface area (Å²) in [6, 6.07) is 8.02. The largest absolute Gasteiger partial charge is 0.466 e. The van der Waals surface area contributed by atoms with E-state index in [0.29, 0.717) is 11.1 Å². The van der Waals surface area contributed by atoms with Gasteiger partial charge in [0.25, 0.3) is 0 Å². The Morgan fingerprint density at radius 1 is 1.13 bits per heavy atom. The van der Waals surface area contributed by atoms with E-state index in [9.17, 15) is 22.8 Å². The molecule has 0 aliphatic carbocycles. The summed E-state index contributed by atoms with van der Waals surface area (Å²) in [5.41, 5.74) is -0.232. The third kappa shape index (κ3) is 6.48. The first-order valence-electron chi connectivity index (χ1n) is 8.83. The van der Waals surface area contributed by atoms with Gasteiger partial charge < -0.3 is 14.3 Å². The minimum absolute atomic E-state index is 0.0109. The van der Waals surface area contributed by atoms with Crippen molar-refractivity contribution in [2.75, 3.05) is 20.8 Å². The van der Waals surface area contributed by atoms with Crippen molar-refractivity contribution in [2.45, 2.75) is 13.1 Å². The summed E-state index contributed by atoms with van der Waals surface area (Å²) in [6.07, 6.45) is -2.45. The third-order valence-corrected chi connectivity index (χ3v) is 3.92. The van der Waals surface area contributed by atoms with Gasteiger partial charge in [0, 0.05) is 31.9 Å². The molecule has 31 heavy (non-hydrogen) atoms. The van der Waals surface area contributed by atoms with E-state index in [1.807, 2.05) is 0 Å². The highest BCUT2D eigenvalue weighted by Gasteiger charge is 2.31. The molecule has 1 heterocycles. The first kappa shape index (κ1) is 23.7. The Morgan fingerprint density at radius 2 is 1.81 bits per heavy atom.